The Kier molecular flexibility index (Phi) is 6.27. The molecule has 2 aromatic rings. The van der Waals surface area contributed by atoms with Crippen LogP contribution < -0.4 is 5.32 Å². The molecule has 0 fully saturated rings. The third-order valence-corrected chi connectivity index (χ3v) is 4.50. The van der Waals surface area contributed by atoms with Crippen molar-refractivity contribution in [3.63, 3.8) is 0 Å². The average molecular weight is 401 g/mol. The minimum absolute atomic E-state index is 0.183. The topological polar surface area (TPSA) is 142 Å². The molecule has 29 heavy (non-hydrogen) atoms. The van der Waals surface area contributed by atoms with Gasteiger partial charge >= 0.3 is 5.97 Å². The summed E-state index contributed by atoms with van der Waals surface area (Å²) in [5.41, 5.74) is 0.630. The summed E-state index contributed by atoms with van der Waals surface area (Å²) in [6.45, 7) is 6.25. The Morgan fingerprint density at radius 1 is 1.00 bits per heavy atom. The lowest BCUT2D eigenvalue weighted by Gasteiger charge is -2.15. The molecule has 1 amide bonds. The van der Waals surface area contributed by atoms with Gasteiger partial charge in [-0.3, -0.25) is 25.0 Å². The van der Waals surface area contributed by atoms with Gasteiger partial charge in [-0.05, 0) is 44.9 Å². The van der Waals surface area contributed by atoms with Crippen molar-refractivity contribution in [1.82, 2.24) is 0 Å². The van der Waals surface area contributed by atoms with Crippen molar-refractivity contribution in [2.45, 2.75) is 33.8 Å². The molecule has 0 saturated carbocycles. The summed E-state index contributed by atoms with van der Waals surface area (Å²) in [6, 6.07) is 7.12. The quantitative estimate of drug-likeness (QED) is 0.442. The monoisotopic (exact) mass is 401 g/mol. The van der Waals surface area contributed by atoms with Gasteiger partial charge in [-0.2, -0.15) is 0 Å². The summed E-state index contributed by atoms with van der Waals surface area (Å²) in [7, 11) is 0. The van der Waals surface area contributed by atoms with Gasteiger partial charge in [-0.25, -0.2) is 4.79 Å². The summed E-state index contributed by atoms with van der Waals surface area (Å²) in [6.07, 6.45) is -1.23. The van der Waals surface area contributed by atoms with E-state index in [0.717, 1.165) is 23.3 Å². The van der Waals surface area contributed by atoms with Crippen LogP contribution in [0.2, 0.25) is 0 Å². The van der Waals surface area contributed by atoms with Crippen molar-refractivity contribution in [2.75, 3.05) is 5.32 Å². The van der Waals surface area contributed by atoms with E-state index in [2.05, 4.69) is 5.32 Å². The van der Waals surface area contributed by atoms with Crippen molar-refractivity contribution >= 4 is 28.9 Å². The summed E-state index contributed by atoms with van der Waals surface area (Å²) in [4.78, 5) is 45.3. The van der Waals surface area contributed by atoms with Crippen LogP contribution in [0.15, 0.2) is 30.3 Å². The minimum atomic E-state index is -1.23. The molecule has 0 unspecified atom stereocenters. The Hall–Kier alpha value is -3.82. The molecule has 0 radical (unpaired) electrons. The van der Waals surface area contributed by atoms with Gasteiger partial charge in [0, 0.05) is 17.8 Å². The number of esters is 1. The third-order valence-electron chi connectivity index (χ3n) is 4.50. The molecule has 0 aliphatic heterocycles. The van der Waals surface area contributed by atoms with E-state index in [0.29, 0.717) is 5.69 Å². The van der Waals surface area contributed by atoms with Crippen molar-refractivity contribution in [3.8, 4) is 0 Å². The summed E-state index contributed by atoms with van der Waals surface area (Å²) in [5, 5.41) is 24.9. The highest BCUT2D eigenvalue weighted by Gasteiger charge is 2.27. The van der Waals surface area contributed by atoms with E-state index in [1.54, 1.807) is 12.1 Å². The number of hydrogen-bond donors (Lipinski definition) is 1. The Bertz CT molecular complexity index is 982. The zero-order valence-electron chi connectivity index (χ0n) is 16.2. The molecule has 1 atom stereocenters. The molecular formula is C19H19N3O7. The fourth-order valence-corrected chi connectivity index (χ4v) is 2.58. The number of anilines is 1. The zero-order chi connectivity index (χ0) is 21.9. The normalized spacial score (nSPS) is 11.4. The maximum Gasteiger partial charge on any atom is 0.339 e. The number of ether oxygens (including phenoxy) is 1. The van der Waals surface area contributed by atoms with Crippen LogP contribution >= 0.6 is 0 Å². The SMILES string of the molecule is Cc1cccc(NC(=O)[C@H](C)OC(=O)c2cc([N+](=O)[O-])c(C)c([N+](=O)[O-])c2)c1C. The fraction of sp³-hybridized carbons (Fsp3) is 0.263. The van der Waals surface area contributed by atoms with Crippen molar-refractivity contribution in [3.05, 3.63) is 72.8 Å². The molecule has 2 aromatic carbocycles. The number of carbonyl (C=O) groups is 2. The largest absolute Gasteiger partial charge is 0.449 e. The van der Waals surface area contributed by atoms with Crippen molar-refractivity contribution < 1.29 is 24.2 Å². The standard InChI is InChI=1S/C19H19N3O7/c1-10-6-5-7-15(11(10)2)20-18(23)13(4)29-19(24)14-8-16(21(25)26)12(3)17(9-14)22(27)28/h5-9,13H,1-4H3,(H,20,23)/t13-/m0/s1. The van der Waals surface area contributed by atoms with E-state index in [4.69, 9.17) is 4.74 Å². The number of nitro groups is 2. The molecule has 0 heterocycles. The lowest BCUT2D eigenvalue weighted by molar-refractivity contribution is -0.395. The molecule has 152 valence electrons. The van der Waals surface area contributed by atoms with Crippen LogP contribution in [-0.2, 0) is 9.53 Å². The molecule has 0 bridgehead atoms. The molecule has 0 aromatic heterocycles. The van der Waals surface area contributed by atoms with Gasteiger partial charge in [0.15, 0.2) is 6.10 Å². The first kappa shape index (κ1) is 21.5. The third kappa shape index (κ3) is 4.72. The van der Waals surface area contributed by atoms with Gasteiger partial charge < -0.3 is 10.1 Å². The smallest absolute Gasteiger partial charge is 0.339 e. The van der Waals surface area contributed by atoms with Crippen LogP contribution in [0.1, 0.15) is 34.0 Å². The first-order valence-electron chi connectivity index (χ1n) is 8.54. The van der Waals surface area contributed by atoms with Crippen LogP contribution in [-0.4, -0.2) is 27.8 Å². The van der Waals surface area contributed by atoms with E-state index >= 15 is 0 Å². The summed E-state index contributed by atoms with van der Waals surface area (Å²) >= 11 is 0. The van der Waals surface area contributed by atoms with E-state index in [1.165, 1.54) is 13.8 Å². The predicted molar refractivity (Wildman–Crippen MR) is 104 cm³/mol. The number of carbonyl (C=O) groups excluding carboxylic acids is 2. The van der Waals surface area contributed by atoms with Crippen molar-refractivity contribution in [1.29, 1.82) is 0 Å². The van der Waals surface area contributed by atoms with Crippen LogP contribution in [0.5, 0.6) is 0 Å². The predicted octanol–water partition coefficient (Wildman–Crippen LogP) is 3.61. The van der Waals surface area contributed by atoms with Crippen molar-refractivity contribution in [2.24, 2.45) is 0 Å². The summed E-state index contributed by atoms with van der Waals surface area (Å²) < 4.78 is 5.05. The van der Waals surface area contributed by atoms with Gasteiger partial charge in [0.25, 0.3) is 17.3 Å². The lowest BCUT2D eigenvalue weighted by Crippen LogP contribution is -2.30. The summed E-state index contributed by atoms with van der Waals surface area (Å²) in [5.74, 6) is -1.69. The van der Waals surface area contributed by atoms with Gasteiger partial charge in [0.1, 0.15) is 5.56 Å². The zero-order valence-corrected chi connectivity index (χ0v) is 16.2. The molecule has 1 N–H and O–H groups in total. The molecule has 0 aliphatic rings. The second kappa shape index (κ2) is 8.46. The van der Waals surface area contributed by atoms with Crippen LogP contribution in [0, 0.1) is 41.0 Å². The molecule has 2 rings (SSSR count). The second-order valence-electron chi connectivity index (χ2n) is 6.44. The molecule has 0 spiro atoms. The van der Waals surface area contributed by atoms with E-state index in [9.17, 15) is 29.8 Å². The Morgan fingerprint density at radius 3 is 2.07 bits per heavy atom. The molecule has 10 nitrogen and oxygen atoms in total. The number of hydrogen-bond acceptors (Lipinski definition) is 7. The molecular weight excluding hydrogens is 382 g/mol. The Labute approximate surface area is 165 Å². The van der Waals surface area contributed by atoms with Gasteiger partial charge in [0.05, 0.1) is 15.4 Å². The second-order valence-corrected chi connectivity index (χ2v) is 6.44. The maximum absolute atomic E-state index is 12.3. The number of nitrogens with zero attached hydrogens (tertiary/aromatic N) is 2. The highest BCUT2D eigenvalue weighted by Crippen LogP contribution is 2.29. The molecule has 0 aliphatic carbocycles. The van der Waals surface area contributed by atoms with E-state index in [-0.39, 0.29) is 11.1 Å². The van der Waals surface area contributed by atoms with Gasteiger partial charge in [-0.15, -0.1) is 0 Å². The van der Waals surface area contributed by atoms with Crippen LogP contribution in [0.3, 0.4) is 0 Å². The molecule has 0 saturated heterocycles. The number of nitro benzene ring substituents is 2. The van der Waals surface area contributed by atoms with Crippen LogP contribution in [0.4, 0.5) is 17.1 Å². The first-order valence-corrected chi connectivity index (χ1v) is 8.54. The minimum Gasteiger partial charge on any atom is -0.449 e. The fourth-order valence-electron chi connectivity index (χ4n) is 2.58. The molecule has 10 heteroatoms. The van der Waals surface area contributed by atoms with Gasteiger partial charge in [0.2, 0.25) is 0 Å². The van der Waals surface area contributed by atoms with Crippen LogP contribution in [0.25, 0.3) is 0 Å². The van der Waals surface area contributed by atoms with E-state index < -0.39 is 39.2 Å². The Balaban J connectivity index is 2.22. The number of amides is 1. The van der Waals surface area contributed by atoms with E-state index in [1.807, 2.05) is 19.9 Å². The highest BCUT2D eigenvalue weighted by molar-refractivity contribution is 5.98. The number of nitrogens with one attached hydrogen (secondary N) is 1. The average Bonchev–Trinajstić information content (AvgIpc) is 2.64. The first-order chi connectivity index (χ1) is 13.5. The number of benzene rings is 2. The Morgan fingerprint density at radius 2 is 1.55 bits per heavy atom. The lowest BCUT2D eigenvalue weighted by atomic mass is 10.1. The highest BCUT2D eigenvalue weighted by atomic mass is 16.6. The number of aryl methyl sites for hydroxylation is 1. The number of rotatable bonds is 6. The maximum atomic E-state index is 12.3. The van der Waals surface area contributed by atoms with Gasteiger partial charge in [-0.1, -0.05) is 12.1 Å².